The van der Waals surface area contributed by atoms with E-state index in [1.807, 2.05) is 31.2 Å². The number of nitrogens with two attached hydrogens (primary N) is 1. The zero-order valence-corrected chi connectivity index (χ0v) is 18.4. The molecule has 1 aliphatic heterocycles. The van der Waals surface area contributed by atoms with Crippen LogP contribution in [0.5, 0.6) is 0 Å². The Hall–Kier alpha value is -1.84. The fraction of sp³-hybridized carbons (Fsp3) is 0.526. The highest BCUT2D eigenvalue weighted by atomic mass is 127. The number of rotatable bonds is 6. The molecule has 1 fully saturated rings. The van der Waals surface area contributed by atoms with Crippen LogP contribution < -0.4 is 16.4 Å². The van der Waals surface area contributed by atoms with E-state index in [2.05, 4.69) is 20.5 Å². The Morgan fingerprint density at radius 1 is 1.26 bits per heavy atom. The molecule has 1 aromatic rings. The number of carbonyl (C=O) groups is 2. The fourth-order valence-electron chi connectivity index (χ4n) is 3.26. The molecule has 0 saturated carbocycles. The van der Waals surface area contributed by atoms with E-state index < -0.39 is 0 Å². The average Bonchev–Trinajstić information content (AvgIpc) is 2.63. The number of carbonyl (C=O) groups excluding carboxylic acids is 2. The summed E-state index contributed by atoms with van der Waals surface area (Å²) >= 11 is 0. The molecule has 0 spiro atoms. The summed E-state index contributed by atoms with van der Waals surface area (Å²) in [5, 5.41) is 6.15. The number of hydrogen-bond donors (Lipinski definition) is 3. The van der Waals surface area contributed by atoms with Gasteiger partial charge in [0.1, 0.15) is 0 Å². The van der Waals surface area contributed by atoms with Gasteiger partial charge in [-0.15, -0.1) is 24.0 Å². The Morgan fingerprint density at radius 3 is 2.56 bits per heavy atom. The molecular weight excluding hydrogens is 457 g/mol. The molecule has 150 valence electrons. The number of aliphatic imine (C=N–C) groups is 1. The SMILES string of the molecule is CCNC(=O)c1ccc(CNC(=NC)N2CCCC(CC(N)=O)C2)cc1.I. The molecule has 27 heavy (non-hydrogen) atoms. The lowest BCUT2D eigenvalue weighted by Gasteiger charge is -2.34. The monoisotopic (exact) mass is 487 g/mol. The van der Waals surface area contributed by atoms with Crippen molar-refractivity contribution in [3.8, 4) is 0 Å². The van der Waals surface area contributed by atoms with Crippen molar-refractivity contribution in [1.82, 2.24) is 15.5 Å². The lowest BCUT2D eigenvalue weighted by molar-refractivity contribution is -0.119. The summed E-state index contributed by atoms with van der Waals surface area (Å²) in [5.41, 5.74) is 7.06. The Kier molecular flexibility index (Phi) is 10.1. The molecule has 1 saturated heterocycles. The number of likely N-dealkylation sites (tertiary alicyclic amines) is 1. The van der Waals surface area contributed by atoms with Crippen molar-refractivity contribution in [2.75, 3.05) is 26.7 Å². The van der Waals surface area contributed by atoms with Crippen LogP contribution in [0.25, 0.3) is 0 Å². The highest BCUT2D eigenvalue weighted by Gasteiger charge is 2.23. The number of nitrogens with zero attached hydrogens (tertiary/aromatic N) is 2. The second kappa shape index (κ2) is 11.8. The smallest absolute Gasteiger partial charge is 0.251 e. The minimum atomic E-state index is -0.244. The van der Waals surface area contributed by atoms with Crippen LogP contribution in [0.4, 0.5) is 0 Å². The van der Waals surface area contributed by atoms with Gasteiger partial charge in [0.15, 0.2) is 5.96 Å². The number of hydrogen-bond acceptors (Lipinski definition) is 3. The number of amides is 2. The summed E-state index contributed by atoms with van der Waals surface area (Å²) in [6.45, 7) is 4.85. The molecule has 1 unspecified atom stereocenters. The van der Waals surface area contributed by atoms with Crippen LogP contribution >= 0.6 is 24.0 Å². The van der Waals surface area contributed by atoms with Crippen LogP contribution in [0.1, 0.15) is 42.1 Å². The van der Waals surface area contributed by atoms with Crippen LogP contribution in [0.2, 0.25) is 0 Å². The molecule has 0 bridgehead atoms. The molecule has 0 radical (unpaired) electrons. The second-order valence-corrected chi connectivity index (χ2v) is 6.58. The van der Waals surface area contributed by atoms with Gasteiger partial charge in [0.25, 0.3) is 5.91 Å². The van der Waals surface area contributed by atoms with E-state index >= 15 is 0 Å². The molecule has 1 atom stereocenters. The first-order chi connectivity index (χ1) is 12.5. The van der Waals surface area contributed by atoms with Crippen molar-refractivity contribution in [3.05, 3.63) is 35.4 Å². The topological polar surface area (TPSA) is 99.8 Å². The normalized spacial score (nSPS) is 17.0. The van der Waals surface area contributed by atoms with Crippen molar-refractivity contribution in [2.45, 2.75) is 32.7 Å². The minimum absolute atomic E-state index is 0. The predicted molar refractivity (Wildman–Crippen MR) is 118 cm³/mol. The number of guanidine groups is 1. The predicted octanol–water partition coefficient (Wildman–Crippen LogP) is 1.72. The van der Waals surface area contributed by atoms with Crippen LogP contribution in [-0.4, -0.2) is 49.4 Å². The van der Waals surface area contributed by atoms with Gasteiger partial charge in [-0.05, 0) is 43.4 Å². The van der Waals surface area contributed by atoms with E-state index in [0.717, 1.165) is 37.5 Å². The molecule has 8 heteroatoms. The molecular formula is C19H30IN5O2. The maximum atomic E-state index is 11.8. The molecule has 2 rings (SSSR count). The largest absolute Gasteiger partial charge is 0.370 e. The van der Waals surface area contributed by atoms with Crippen LogP contribution in [0, 0.1) is 5.92 Å². The number of halogens is 1. The van der Waals surface area contributed by atoms with Gasteiger partial charge in [-0.2, -0.15) is 0 Å². The van der Waals surface area contributed by atoms with Crippen molar-refractivity contribution in [1.29, 1.82) is 0 Å². The first-order valence-electron chi connectivity index (χ1n) is 9.14. The number of primary amides is 1. The molecule has 7 nitrogen and oxygen atoms in total. The van der Waals surface area contributed by atoms with E-state index in [4.69, 9.17) is 5.73 Å². The summed E-state index contributed by atoms with van der Waals surface area (Å²) in [6.07, 6.45) is 2.48. The minimum Gasteiger partial charge on any atom is -0.370 e. The standard InChI is InChI=1S/C19H29N5O2.HI/c1-3-22-18(26)16-8-6-14(7-9-16)12-23-19(21-2)24-10-4-5-15(13-24)11-17(20)25;/h6-9,15H,3-5,10-13H2,1-2H3,(H2,20,25)(H,21,23)(H,22,26);1H. The van der Waals surface area contributed by atoms with Crippen LogP contribution in [0.15, 0.2) is 29.3 Å². The molecule has 0 aliphatic carbocycles. The maximum absolute atomic E-state index is 11.8. The van der Waals surface area contributed by atoms with Gasteiger partial charge in [0.2, 0.25) is 5.91 Å². The summed E-state index contributed by atoms with van der Waals surface area (Å²) in [5.74, 6) is 0.812. The Labute approximate surface area is 178 Å². The molecule has 0 aromatic heterocycles. The van der Waals surface area contributed by atoms with Gasteiger partial charge in [0.05, 0.1) is 0 Å². The van der Waals surface area contributed by atoms with E-state index in [1.165, 1.54) is 0 Å². The van der Waals surface area contributed by atoms with Crippen molar-refractivity contribution in [2.24, 2.45) is 16.6 Å². The van der Waals surface area contributed by atoms with Gasteiger partial charge in [-0.1, -0.05) is 12.1 Å². The molecule has 1 aromatic carbocycles. The Bertz CT molecular complexity index is 648. The lowest BCUT2D eigenvalue weighted by Crippen LogP contribution is -2.46. The number of benzene rings is 1. The van der Waals surface area contributed by atoms with E-state index in [-0.39, 0.29) is 41.7 Å². The van der Waals surface area contributed by atoms with Crippen molar-refractivity contribution >= 4 is 41.8 Å². The van der Waals surface area contributed by atoms with Gasteiger partial charge in [-0.25, -0.2) is 0 Å². The molecule has 4 N–H and O–H groups in total. The van der Waals surface area contributed by atoms with Crippen molar-refractivity contribution < 1.29 is 9.59 Å². The third-order valence-electron chi connectivity index (χ3n) is 4.52. The van der Waals surface area contributed by atoms with Crippen LogP contribution in [0.3, 0.4) is 0 Å². The summed E-state index contributed by atoms with van der Waals surface area (Å²) < 4.78 is 0. The lowest BCUT2D eigenvalue weighted by atomic mass is 9.95. The quantitative estimate of drug-likeness (QED) is 0.323. The summed E-state index contributed by atoms with van der Waals surface area (Å²) in [7, 11) is 1.76. The first kappa shape index (κ1) is 23.2. The van der Waals surface area contributed by atoms with E-state index in [0.29, 0.717) is 25.1 Å². The number of nitrogens with one attached hydrogen (secondary N) is 2. The zero-order valence-electron chi connectivity index (χ0n) is 16.0. The zero-order chi connectivity index (χ0) is 18.9. The molecule has 1 aliphatic rings. The summed E-state index contributed by atoms with van der Waals surface area (Å²) in [6, 6.07) is 7.54. The Morgan fingerprint density at radius 2 is 1.96 bits per heavy atom. The third-order valence-corrected chi connectivity index (χ3v) is 4.52. The van der Waals surface area contributed by atoms with Gasteiger partial charge >= 0.3 is 0 Å². The summed E-state index contributed by atoms with van der Waals surface area (Å²) in [4.78, 5) is 29.5. The van der Waals surface area contributed by atoms with Crippen molar-refractivity contribution in [3.63, 3.8) is 0 Å². The molecule has 1 heterocycles. The third kappa shape index (κ3) is 7.36. The highest BCUT2D eigenvalue weighted by molar-refractivity contribution is 14.0. The van der Waals surface area contributed by atoms with E-state index in [1.54, 1.807) is 7.05 Å². The Balaban J connectivity index is 0.00000364. The fourth-order valence-corrected chi connectivity index (χ4v) is 3.26. The number of piperidine rings is 1. The van der Waals surface area contributed by atoms with Gasteiger partial charge in [0, 0.05) is 45.2 Å². The molecule has 2 amide bonds. The van der Waals surface area contributed by atoms with Gasteiger partial charge in [-0.3, -0.25) is 14.6 Å². The maximum Gasteiger partial charge on any atom is 0.251 e. The second-order valence-electron chi connectivity index (χ2n) is 6.58. The van der Waals surface area contributed by atoms with Gasteiger partial charge < -0.3 is 21.3 Å². The van der Waals surface area contributed by atoms with Crippen LogP contribution in [-0.2, 0) is 11.3 Å². The average molecular weight is 487 g/mol. The first-order valence-corrected chi connectivity index (χ1v) is 9.14. The highest BCUT2D eigenvalue weighted by Crippen LogP contribution is 2.19. The van der Waals surface area contributed by atoms with E-state index in [9.17, 15) is 9.59 Å².